The lowest BCUT2D eigenvalue weighted by Crippen LogP contribution is -1.84. The second-order valence-electron chi connectivity index (χ2n) is 1.06. The summed E-state index contributed by atoms with van der Waals surface area (Å²) in [7, 11) is 0. The summed E-state index contributed by atoms with van der Waals surface area (Å²) < 4.78 is 0. The smallest absolute Gasteiger partial charge is 0.198 e. The van der Waals surface area contributed by atoms with Crippen LogP contribution in [0.5, 0.6) is 0 Å². The molecule has 0 radical (unpaired) electrons. The lowest BCUT2D eigenvalue weighted by atomic mass is 10.9. The molecular formula is C4H6O3S. The first kappa shape index (κ1) is 7.52. The van der Waals surface area contributed by atoms with E-state index in [9.17, 15) is 4.79 Å². The third-order valence-corrected chi connectivity index (χ3v) is 0.949. The van der Waals surface area contributed by atoms with Gasteiger partial charge in [0.1, 0.15) is 0 Å². The highest BCUT2D eigenvalue weighted by atomic mass is 32.2. The van der Waals surface area contributed by atoms with Crippen LogP contribution in [0, 0.1) is 0 Å². The molecule has 0 aromatic heterocycles. The van der Waals surface area contributed by atoms with Gasteiger partial charge in [0, 0.05) is 6.92 Å². The van der Waals surface area contributed by atoms with E-state index < -0.39 is 0 Å². The van der Waals surface area contributed by atoms with E-state index >= 15 is 0 Å². The number of carbonyl (C=O) groups excluding carboxylic acids is 1. The summed E-state index contributed by atoms with van der Waals surface area (Å²) in [5, 5.41) is 7.65. The topological polar surface area (TPSA) is 46.5 Å². The summed E-state index contributed by atoms with van der Waals surface area (Å²) in [4.78, 5) is 13.7. The van der Waals surface area contributed by atoms with E-state index in [1.54, 1.807) is 0 Å². The minimum absolute atomic E-state index is 0.00231. The van der Waals surface area contributed by atoms with Crippen LogP contribution in [0.3, 0.4) is 0 Å². The van der Waals surface area contributed by atoms with Crippen LogP contribution in [0.25, 0.3) is 0 Å². The van der Waals surface area contributed by atoms with E-state index in [2.05, 4.69) is 11.5 Å². The van der Waals surface area contributed by atoms with Crippen LogP contribution in [0.1, 0.15) is 6.92 Å². The molecule has 3 nitrogen and oxygen atoms in total. The Morgan fingerprint density at radius 2 is 2.38 bits per heavy atom. The second kappa shape index (κ2) is 3.51. The van der Waals surface area contributed by atoms with Gasteiger partial charge >= 0.3 is 0 Å². The van der Waals surface area contributed by atoms with Crippen LogP contribution in [0.4, 0.5) is 0 Å². The average molecular weight is 134 g/mol. The van der Waals surface area contributed by atoms with E-state index in [4.69, 9.17) is 5.26 Å². The van der Waals surface area contributed by atoms with Gasteiger partial charge in [-0.1, -0.05) is 0 Å². The summed E-state index contributed by atoms with van der Waals surface area (Å²) in [6.45, 7) is 4.54. The van der Waals surface area contributed by atoms with Gasteiger partial charge in [-0.05, 0) is 18.3 Å². The van der Waals surface area contributed by atoms with Crippen LogP contribution < -0.4 is 0 Å². The van der Waals surface area contributed by atoms with Gasteiger partial charge in [-0.2, -0.15) is 0 Å². The molecule has 1 N–H and O–H groups in total. The molecular weight excluding hydrogens is 128 g/mol. The van der Waals surface area contributed by atoms with Crippen molar-refractivity contribution in [2.75, 3.05) is 0 Å². The molecule has 0 aliphatic carbocycles. The van der Waals surface area contributed by atoms with E-state index in [1.165, 1.54) is 6.92 Å². The van der Waals surface area contributed by atoms with Crippen molar-refractivity contribution >= 4 is 16.9 Å². The van der Waals surface area contributed by atoms with E-state index in [-0.39, 0.29) is 10.2 Å². The molecule has 0 saturated carbocycles. The lowest BCUT2D eigenvalue weighted by Gasteiger charge is -1.93. The lowest BCUT2D eigenvalue weighted by molar-refractivity contribution is -0.191. The fourth-order valence-corrected chi connectivity index (χ4v) is 0.537. The van der Waals surface area contributed by atoms with Crippen molar-refractivity contribution in [1.29, 1.82) is 0 Å². The zero-order valence-corrected chi connectivity index (χ0v) is 5.20. The highest BCUT2D eigenvalue weighted by Gasteiger charge is 1.97. The van der Waals surface area contributed by atoms with Gasteiger partial charge in [0.05, 0.1) is 0 Å². The predicted octanol–water partition coefficient (Wildman–Crippen LogP) is 1.23. The minimum atomic E-state index is -0.163. The molecule has 0 atom stereocenters. The number of rotatable bonds is 2. The Kier molecular flexibility index (Phi) is 3.30. The molecule has 0 aliphatic rings. The number of carbonyl (C=O) groups is 1. The van der Waals surface area contributed by atoms with Gasteiger partial charge in [0.25, 0.3) is 0 Å². The molecule has 0 heterocycles. The maximum absolute atomic E-state index is 10.1. The Morgan fingerprint density at radius 1 is 1.88 bits per heavy atom. The van der Waals surface area contributed by atoms with Crippen molar-refractivity contribution in [2.24, 2.45) is 0 Å². The third kappa shape index (κ3) is 3.70. The normalized spacial score (nSPS) is 8.25. The Hall–Kier alpha value is -0.480. The van der Waals surface area contributed by atoms with Crippen LogP contribution in [0.2, 0.25) is 0 Å². The molecule has 4 heteroatoms. The molecule has 0 spiro atoms. The van der Waals surface area contributed by atoms with E-state index in [0.717, 1.165) is 11.8 Å². The van der Waals surface area contributed by atoms with Gasteiger partial charge in [-0.25, -0.2) is 5.26 Å². The van der Waals surface area contributed by atoms with Crippen molar-refractivity contribution in [3.63, 3.8) is 0 Å². The summed E-state index contributed by atoms with van der Waals surface area (Å²) in [5.74, 6) is 0. The first-order chi connectivity index (χ1) is 3.66. The monoisotopic (exact) mass is 134 g/mol. The number of thioether (sulfide) groups is 1. The van der Waals surface area contributed by atoms with Crippen LogP contribution in [0.15, 0.2) is 11.7 Å². The molecule has 0 fully saturated rings. The Bertz CT molecular complexity index is 110. The third-order valence-electron chi connectivity index (χ3n) is 0.359. The average Bonchev–Trinajstić information content (AvgIpc) is 1.65. The maximum Gasteiger partial charge on any atom is 0.198 e. The van der Waals surface area contributed by atoms with Crippen LogP contribution >= 0.6 is 11.8 Å². The molecule has 0 aromatic carbocycles. The molecule has 0 unspecified atom stereocenters. The molecule has 0 aliphatic heterocycles. The fourth-order valence-electron chi connectivity index (χ4n) is 0.179. The predicted molar refractivity (Wildman–Crippen MR) is 31.1 cm³/mol. The zero-order chi connectivity index (χ0) is 6.57. The van der Waals surface area contributed by atoms with Crippen molar-refractivity contribution in [3.05, 3.63) is 11.7 Å². The van der Waals surface area contributed by atoms with E-state index in [0.29, 0.717) is 0 Å². The van der Waals surface area contributed by atoms with Gasteiger partial charge in [-0.3, -0.25) is 4.79 Å². The summed E-state index contributed by atoms with van der Waals surface area (Å²) in [5.41, 5.74) is 0. The molecule has 0 bridgehead atoms. The number of hydrogen-bond acceptors (Lipinski definition) is 4. The summed E-state index contributed by atoms with van der Waals surface area (Å²) in [6, 6.07) is 0. The molecule has 0 saturated heterocycles. The zero-order valence-electron chi connectivity index (χ0n) is 4.38. The number of hydrogen-bond donors (Lipinski definition) is 1. The summed E-state index contributed by atoms with van der Waals surface area (Å²) in [6.07, 6.45) is 0. The largest absolute Gasteiger partial charge is 0.333 e. The fraction of sp³-hybridized carbons (Fsp3) is 0.250. The Balaban J connectivity index is 3.40. The quantitative estimate of drug-likeness (QED) is 0.350. The molecule has 0 aromatic rings. The van der Waals surface area contributed by atoms with Gasteiger partial charge < -0.3 is 4.89 Å². The highest BCUT2D eigenvalue weighted by molar-refractivity contribution is 8.16. The minimum Gasteiger partial charge on any atom is -0.333 e. The van der Waals surface area contributed by atoms with Gasteiger partial charge in [0.15, 0.2) is 10.2 Å². The van der Waals surface area contributed by atoms with Gasteiger partial charge in [0.2, 0.25) is 0 Å². The van der Waals surface area contributed by atoms with Gasteiger partial charge in [-0.15, -0.1) is 0 Å². The Labute approximate surface area is 51.3 Å². The first-order valence-electron chi connectivity index (χ1n) is 1.85. The molecule has 0 rings (SSSR count). The van der Waals surface area contributed by atoms with Crippen LogP contribution in [-0.2, 0) is 9.68 Å². The van der Waals surface area contributed by atoms with Crippen molar-refractivity contribution in [1.82, 2.24) is 0 Å². The molecule has 46 valence electrons. The summed E-state index contributed by atoms with van der Waals surface area (Å²) >= 11 is 0.749. The first-order valence-corrected chi connectivity index (χ1v) is 2.67. The van der Waals surface area contributed by atoms with E-state index in [1.807, 2.05) is 0 Å². The van der Waals surface area contributed by atoms with Crippen molar-refractivity contribution in [2.45, 2.75) is 6.92 Å². The SMILES string of the molecule is C=C(OO)SC(C)=O. The van der Waals surface area contributed by atoms with Crippen molar-refractivity contribution in [3.8, 4) is 0 Å². The standard InChI is InChI=1S/C4H6O3S/c1-3(5)8-4(2)7-6/h6H,2H2,1H3. The highest BCUT2D eigenvalue weighted by Crippen LogP contribution is 2.12. The Morgan fingerprint density at radius 3 is 2.50 bits per heavy atom. The van der Waals surface area contributed by atoms with Crippen molar-refractivity contribution < 1.29 is 14.9 Å². The maximum atomic E-state index is 10.1. The second-order valence-corrected chi connectivity index (χ2v) is 2.29. The van der Waals surface area contributed by atoms with Crippen LogP contribution in [-0.4, -0.2) is 10.4 Å². The molecule has 0 amide bonds. The molecule has 8 heavy (non-hydrogen) atoms.